The van der Waals surface area contributed by atoms with E-state index in [0.717, 1.165) is 13.1 Å². The minimum atomic E-state index is -4.26. The molecule has 0 bridgehead atoms. The van der Waals surface area contributed by atoms with Gasteiger partial charge in [0.05, 0.1) is 6.54 Å². The van der Waals surface area contributed by atoms with Crippen molar-refractivity contribution in [2.75, 3.05) is 13.6 Å². The Labute approximate surface area is 105 Å². The fraction of sp³-hybridized carbons (Fsp3) is 0.333. The topological polar surface area (TPSA) is 37.4 Å². The summed E-state index contributed by atoms with van der Waals surface area (Å²) in [4.78, 5) is -0.636. The van der Waals surface area contributed by atoms with Crippen LogP contribution in [0.15, 0.2) is 27.6 Å². The lowest BCUT2D eigenvalue weighted by Gasteiger charge is -2.17. The molecule has 3 nitrogen and oxygen atoms in total. The maximum absolute atomic E-state index is 13.4. The van der Waals surface area contributed by atoms with Crippen LogP contribution < -0.4 is 0 Å². The zero-order valence-electron chi connectivity index (χ0n) is 8.70. The molecule has 0 aliphatic heterocycles. The number of alkyl halides is 2. The number of hydrogen-bond donors (Lipinski definition) is 0. The van der Waals surface area contributed by atoms with E-state index in [2.05, 4.69) is 15.9 Å². The van der Waals surface area contributed by atoms with Gasteiger partial charge < -0.3 is 0 Å². The van der Waals surface area contributed by atoms with Crippen molar-refractivity contribution in [3.8, 4) is 0 Å². The first-order valence-corrected chi connectivity index (χ1v) is 6.68. The van der Waals surface area contributed by atoms with Gasteiger partial charge in [0, 0.05) is 11.5 Å². The molecule has 0 atom stereocenters. The van der Waals surface area contributed by atoms with Gasteiger partial charge >= 0.3 is 0 Å². The highest BCUT2D eigenvalue weighted by atomic mass is 79.9. The summed E-state index contributed by atoms with van der Waals surface area (Å²) in [5, 5.41) is 0. The highest BCUT2D eigenvalue weighted by Crippen LogP contribution is 2.27. The summed E-state index contributed by atoms with van der Waals surface area (Å²) in [6, 6.07) is 3.59. The van der Waals surface area contributed by atoms with E-state index in [1.165, 1.54) is 12.1 Å². The SMILES string of the molecule is CN(CC(F)F)S(=O)(=O)c1c(F)cccc1Br. The number of sulfonamides is 1. The molecule has 1 rings (SSSR count). The first-order valence-electron chi connectivity index (χ1n) is 4.45. The van der Waals surface area contributed by atoms with Crippen molar-refractivity contribution in [3.05, 3.63) is 28.5 Å². The Hall–Kier alpha value is -0.600. The standard InChI is InChI=1S/C9H9BrF3NO2S/c1-14(5-8(12)13)17(15,16)9-6(10)3-2-4-7(9)11/h2-4,8H,5H2,1H3. The quantitative estimate of drug-likeness (QED) is 0.850. The molecule has 1 aromatic rings. The van der Waals surface area contributed by atoms with Crippen LogP contribution in [-0.4, -0.2) is 32.7 Å². The van der Waals surface area contributed by atoms with Crippen LogP contribution in [0.1, 0.15) is 0 Å². The van der Waals surface area contributed by atoms with Crippen LogP contribution in [0.3, 0.4) is 0 Å². The van der Waals surface area contributed by atoms with Gasteiger partial charge in [0.15, 0.2) is 0 Å². The van der Waals surface area contributed by atoms with Crippen LogP contribution in [-0.2, 0) is 10.0 Å². The fourth-order valence-electron chi connectivity index (χ4n) is 1.18. The summed E-state index contributed by atoms with van der Waals surface area (Å²) in [5.41, 5.74) is 0. The summed E-state index contributed by atoms with van der Waals surface area (Å²) in [6.07, 6.45) is -2.82. The van der Waals surface area contributed by atoms with Crippen molar-refractivity contribution in [1.82, 2.24) is 4.31 Å². The van der Waals surface area contributed by atoms with Gasteiger partial charge in [0.1, 0.15) is 10.7 Å². The average molecular weight is 332 g/mol. The van der Waals surface area contributed by atoms with Gasteiger partial charge in [-0.1, -0.05) is 6.07 Å². The molecule has 0 aliphatic carbocycles. The highest BCUT2D eigenvalue weighted by Gasteiger charge is 2.28. The molecule has 0 saturated heterocycles. The third kappa shape index (κ3) is 3.20. The third-order valence-electron chi connectivity index (χ3n) is 1.98. The summed E-state index contributed by atoms with van der Waals surface area (Å²) >= 11 is 2.88. The van der Waals surface area contributed by atoms with E-state index in [4.69, 9.17) is 0 Å². The van der Waals surface area contributed by atoms with Crippen LogP contribution in [0.2, 0.25) is 0 Å². The van der Waals surface area contributed by atoms with E-state index >= 15 is 0 Å². The lowest BCUT2D eigenvalue weighted by atomic mass is 10.3. The second-order valence-corrected chi connectivity index (χ2v) is 6.06. The summed E-state index contributed by atoms with van der Waals surface area (Å²) in [5.74, 6) is -0.986. The molecule has 0 radical (unpaired) electrons. The molecule has 0 N–H and O–H groups in total. The van der Waals surface area contributed by atoms with Gasteiger partial charge in [-0.3, -0.25) is 0 Å². The lowest BCUT2D eigenvalue weighted by Crippen LogP contribution is -2.32. The van der Waals surface area contributed by atoms with Gasteiger partial charge in [-0.25, -0.2) is 21.6 Å². The van der Waals surface area contributed by atoms with Crippen LogP contribution in [0.25, 0.3) is 0 Å². The van der Waals surface area contributed by atoms with E-state index in [9.17, 15) is 21.6 Å². The lowest BCUT2D eigenvalue weighted by molar-refractivity contribution is 0.126. The number of hydrogen-bond acceptors (Lipinski definition) is 2. The van der Waals surface area contributed by atoms with Crippen molar-refractivity contribution >= 4 is 26.0 Å². The van der Waals surface area contributed by atoms with Crippen LogP contribution in [0, 0.1) is 5.82 Å². The van der Waals surface area contributed by atoms with Crippen molar-refractivity contribution < 1.29 is 21.6 Å². The predicted octanol–water partition coefficient (Wildman–Crippen LogP) is 2.47. The largest absolute Gasteiger partial charge is 0.252 e. The predicted molar refractivity (Wildman–Crippen MR) is 59.9 cm³/mol. The normalized spacial score (nSPS) is 12.4. The van der Waals surface area contributed by atoms with Gasteiger partial charge in [-0.15, -0.1) is 0 Å². The Bertz CT molecular complexity index is 487. The summed E-state index contributed by atoms with van der Waals surface area (Å²) in [7, 11) is -3.29. The number of rotatable bonds is 4. The molecule has 0 aromatic heterocycles. The highest BCUT2D eigenvalue weighted by molar-refractivity contribution is 9.10. The summed E-state index contributed by atoms with van der Waals surface area (Å²) < 4.78 is 61.7. The van der Waals surface area contributed by atoms with Crippen molar-refractivity contribution in [2.45, 2.75) is 11.3 Å². The Morgan fingerprint density at radius 2 is 2.00 bits per heavy atom. The van der Waals surface area contributed by atoms with Gasteiger partial charge in [-0.2, -0.15) is 4.31 Å². The molecule has 17 heavy (non-hydrogen) atoms. The van der Waals surface area contributed by atoms with Crippen molar-refractivity contribution in [2.24, 2.45) is 0 Å². The molecule has 1 aromatic carbocycles. The molecule has 0 fully saturated rings. The van der Waals surface area contributed by atoms with Crippen LogP contribution >= 0.6 is 15.9 Å². The van der Waals surface area contributed by atoms with E-state index in [-0.39, 0.29) is 4.47 Å². The third-order valence-corrected chi connectivity index (χ3v) is 4.81. The zero-order chi connectivity index (χ0) is 13.2. The van der Waals surface area contributed by atoms with Gasteiger partial charge in [-0.05, 0) is 28.1 Å². The van der Waals surface area contributed by atoms with E-state index in [1.54, 1.807) is 0 Å². The van der Waals surface area contributed by atoms with Crippen molar-refractivity contribution in [1.29, 1.82) is 0 Å². The summed E-state index contributed by atoms with van der Waals surface area (Å²) in [6.45, 7) is -0.983. The minimum Gasteiger partial charge on any atom is -0.209 e. The maximum Gasteiger partial charge on any atom is 0.252 e. The smallest absolute Gasteiger partial charge is 0.209 e. The molecule has 0 saturated carbocycles. The monoisotopic (exact) mass is 331 g/mol. The van der Waals surface area contributed by atoms with E-state index in [1.807, 2.05) is 0 Å². The second-order valence-electron chi connectivity index (χ2n) is 3.23. The maximum atomic E-state index is 13.4. The number of nitrogens with zero attached hydrogens (tertiary/aromatic N) is 1. The van der Waals surface area contributed by atoms with Gasteiger partial charge in [0.2, 0.25) is 10.0 Å². The zero-order valence-corrected chi connectivity index (χ0v) is 11.1. The molecule has 0 heterocycles. The number of halogens is 4. The molecule has 0 unspecified atom stereocenters. The average Bonchev–Trinajstić information content (AvgIpc) is 2.15. The van der Waals surface area contributed by atoms with Gasteiger partial charge in [0.25, 0.3) is 6.43 Å². The van der Waals surface area contributed by atoms with Crippen molar-refractivity contribution in [3.63, 3.8) is 0 Å². The Kier molecular flexibility index (Phi) is 4.56. The molecular formula is C9H9BrF3NO2S. The first-order chi connectivity index (χ1) is 7.76. The molecule has 0 spiro atoms. The Morgan fingerprint density at radius 3 is 2.47 bits per heavy atom. The Morgan fingerprint density at radius 1 is 1.41 bits per heavy atom. The fourth-order valence-corrected chi connectivity index (χ4v) is 3.38. The minimum absolute atomic E-state index is 0.00128. The second kappa shape index (κ2) is 5.36. The van der Waals surface area contributed by atoms with E-state index in [0.29, 0.717) is 4.31 Å². The Balaban J connectivity index is 3.22. The van der Waals surface area contributed by atoms with Crippen LogP contribution in [0.4, 0.5) is 13.2 Å². The number of benzene rings is 1. The molecular weight excluding hydrogens is 323 g/mol. The molecule has 0 aliphatic rings. The molecule has 96 valence electrons. The van der Waals surface area contributed by atoms with Crippen LogP contribution in [0.5, 0.6) is 0 Å². The van der Waals surface area contributed by atoms with E-state index < -0.39 is 33.7 Å². The first kappa shape index (κ1) is 14.5. The molecule has 8 heteroatoms. The molecule has 0 amide bonds.